The van der Waals surface area contributed by atoms with E-state index in [-0.39, 0.29) is 13.1 Å². The number of methoxy groups -OCH3 is 2. The lowest BCUT2D eigenvalue weighted by molar-refractivity contribution is -0.120. The maximum absolute atomic E-state index is 11.4. The van der Waals surface area contributed by atoms with Gasteiger partial charge in [0, 0.05) is 6.54 Å². The molecule has 0 aliphatic carbocycles. The van der Waals surface area contributed by atoms with Crippen molar-refractivity contribution in [2.45, 2.75) is 6.54 Å². The maximum atomic E-state index is 11.4. The number of rotatable bonds is 7. The van der Waals surface area contributed by atoms with Crippen LogP contribution in [-0.2, 0) is 21.4 Å². The molecule has 0 aliphatic rings. The third-order valence-corrected chi connectivity index (χ3v) is 3.10. The van der Waals surface area contributed by atoms with Gasteiger partial charge in [0.1, 0.15) is 0 Å². The summed E-state index contributed by atoms with van der Waals surface area (Å²) >= 11 is 0. The van der Waals surface area contributed by atoms with Gasteiger partial charge in [-0.25, -0.2) is 13.1 Å². The number of nitrogens with one attached hydrogen (secondary N) is 2. The number of sulfonamides is 1. The van der Waals surface area contributed by atoms with Crippen molar-refractivity contribution in [1.82, 2.24) is 10.0 Å². The summed E-state index contributed by atoms with van der Waals surface area (Å²) in [6, 6.07) is 5.25. The van der Waals surface area contributed by atoms with E-state index in [9.17, 15) is 13.2 Å². The van der Waals surface area contributed by atoms with Crippen molar-refractivity contribution >= 4 is 15.9 Å². The van der Waals surface area contributed by atoms with Crippen LogP contribution in [0.4, 0.5) is 0 Å². The van der Waals surface area contributed by atoms with Crippen LogP contribution in [0.2, 0.25) is 0 Å². The molecule has 0 heterocycles. The SMILES string of the molecule is COc1ccc(CNC(=O)CNS(C)(=O)=O)cc1OC. The molecule has 0 unspecified atom stereocenters. The van der Waals surface area contributed by atoms with Crippen molar-refractivity contribution in [3.63, 3.8) is 0 Å². The lowest BCUT2D eigenvalue weighted by Gasteiger charge is -2.10. The Morgan fingerprint density at radius 2 is 1.85 bits per heavy atom. The Morgan fingerprint density at radius 3 is 2.40 bits per heavy atom. The van der Waals surface area contributed by atoms with E-state index in [1.165, 1.54) is 14.2 Å². The van der Waals surface area contributed by atoms with Crippen LogP contribution in [0, 0.1) is 0 Å². The average molecular weight is 302 g/mol. The number of ether oxygens (including phenoxy) is 2. The summed E-state index contributed by atoms with van der Waals surface area (Å²) in [6.45, 7) is -0.0171. The topological polar surface area (TPSA) is 93.7 Å². The molecule has 1 amide bonds. The molecule has 0 fully saturated rings. The summed E-state index contributed by atoms with van der Waals surface area (Å²) in [6.07, 6.45) is 0.995. The predicted octanol–water partition coefficient (Wildman–Crippen LogP) is -0.131. The van der Waals surface area contributed by atoms with Gasteiger partial charge >= 0.3 is 0 Å². The Kier molecular flexibility index (Phi) is 5.78. The molecule has 0 aliphatic heterocycles. The van der Waals surface area contributed by atoms with Crippen molar-refractivity contribution in [3.8, 4) is 11.5 Å². The molecule has 20 heavy (non-hydrogen) atoms. The average Bonchev–Trinajstić information content (AvgIpc) is 2.41. The van der Waals surface area contributed by atoms with Crippen molar-refractivity contribution in [2.24, 2.45) is 0 Å². The first-order valence-electron chi connectivity index (χ1n) is 5.78. The van der Waals surface area contributed by atoms with Gasteiger partial charge in [-0.3, -0.25) is 4.79 Å². The number of hydrogen-bond acceptors (Lipinski definition) is 5. The summed E-state index contributed by atoms with van der Waals surface area (Å²) in [5.74, 6) is 0.750. The summed E-state index contributed by atoms with van der Waals surface area (Å²) < 4.78 is 34.0. The van der Waals surface area contributed by atoms with Gasteiger partial charge in [-0.05, 0) is 17.7 Å². The van der Waals surface area contributed by atoms with Gasteiger partial charge in [0.15, 0.2) is 11.5 Å². The van der Waals surface area contributed by atoms with Crippen LogP contribution in [0.25, 0.3) is 0 Å². The molecule has 0 bridgehead atoms. The standard InChI is InChI=1S/C12H18N2O5S/c1-18-10-5-4-9(6-11(10)19-2)7-13-12(15)8-14-20(3,16)17/h4-6,14H,7-8H2,1-3H3,(H,13,15). The van der Waals surface area contributed by atoms with Crippen molar-refractivity contribution in [3.05, 3.63) is 23.8 Å². The Bertz CT molecular complexity index is 571. The summed E-state index contributed by atoms with van der Waals surface area (Å²) in [5.41, 5.74) is 0.815. The van der Waals surface area contributed by atoms with Crippen molar-refractivity contribution < 1.29 is 22.7 Å². The quantitative estimate of drug-likeness (QED) is 0.732. The van der Waals surface area contributed by atoms with Crippen molar-refractivity contribution in [1.29, 1.82) is 0 Å². The van der Waals surface area contributed by atoms with Crippen LogP contribution in [-0.4, -0.2) is 41.3 Å². The highest BCUT2D eigenvalue weighted by atomic mass is 32.2. The highest BCUT2D eigenvalue weighted by molar-refractivity contribution is 7.88. The molecule has 0 saturated carbocycles. The number of benzene rings is 1. The largest absolute Gasteiger partial charge is 0.493 e. The van der Waals surface area contributed by atoms with Gasteiger partial charge in [-0.15, -0.1) is 0 Å². The van der Waals surface area contributed by atoms with Crippen LogP contribution in [0.15, 0.2) is 18.2 Å². The van der Waals surface area contributed by atoms with Crippen LogP contribution < -0.4 is 19.5 Å². The lowest BCUT2D eigenvalue weighted by atomic mass is 10.2. The third kappa shape index (κ3) is 5.45. The molecule has 0 spiro atoms. The summed E-state index contributed by atoms with van der Waals surface area (Å²) in [7, 11) is -0.307. The first-order valence-corrected chi connectivity index (χ1v) is 7.67. The molecule has 8 heteroatoms. The highest BCUT2D eigenvalue weighted by Gasteiger charge is 2.08. The normalized spacial score (nSPS) is 10.9. The fraction of sp³-hybridized carbons (Fsp3) is 0.417. The fourth-order valence-corrected chi connectivity index (χ4v) is 1.84. The minimum atomic E-state index is -3.37. The molecule has 1 rings (SSSR count). The van der Waals surface area contributed by atoms with Gasteiger partial charge in [0.05, 0.1) is 27.0 Å². The minimum absolute atomic E-state index is 0.268. The van der Waals surface area contributed by atoms with E-state index in [4.69, 9.17) is 9.47 Å². The van der Waals surface area contributed by atoms with Gasteiger partial charge in [-0.2, -0.15) is 0 Å². The Labute approximate surface area is 118 Å². The zero-order valence-corrected chi connectivity index (χ0v) is 12.4. The molecule has 2 N–H and O–H groups in total. The van der Waals surface area contributed by atoms with Gasteiger partial charge in [-0.1, -0.05) is 6.07 Å². The van der Waals surface area contributed by atoms with E-state index in [0.717, 1.165) is 11.8 Å². The van der Waals surface area contributed by atoms with E-state index >= 15 is 0 Å². The van der Waals surface area contributed by atoms with Gasteiger partial charge in [0.2, 0.25) is 15.9 Å². The van der Waals surface area contributed by atoms with Crippen LogP contribution in [0.3, 0.4) is 0 Å². The molecule has 112 valence electrons. The van der Waals surface area contributed by atoms with E-state index in [1.54, 1.807) is 18.2 Å². The van der Waals surface area contributed by atoms with E-state index in [0.29, 0.717) is 11.5 Å². The molecule has 1 aromatic rings. The lowest BCUT2D eigenvalue weighted by Crippen LogP contribution is -2.36. The zero-order valence-electron chi connectivity index (χ0n) is 11.6. The number of hydrogen-bond donors (Lipinski definition) is 2. The molecular weight excluding hydrogens is 284 g/mol. The molecule has 0 radical (unpaired) electrons. The second-order valence-corrected chi connectivity index (χ2v) is 5.89. The number of carbonyl (C=O) groups is 1. The summed E-state index contributed by atoms with van der Waals surface area (Å²) in [4.78, 5) is 11.4. The summed E-state index contributed by atoms with van der Waals surface area (Å²) in [5, 5.41) is 2.60. The second kappa shape index (κ2) is 7.11. The first-order chi connectivity index (χ1) is 9.35. The fourth-order valence-electron chi connectivity index (χ4n) is 1.45. The van der Waals surface area contributed by atoms with E-state index in [1.807, 2.05) is 0 Å². The van der Waals surface area contributed by atoms with Crippen LogP contribution in [0.5, 0.6) is 11.5 Å². The minimum Gasteiger partial charge on any atom is -0.493 e. The molecule has 7 nitrogen and oxygen atoms in total. The smallest absolute Gasteiger partial charge is 0.235 e. The van der Waals surface area contributed by atoms with E-state index in [2.05, 4.69) is 10.0 Å². The molecule has 1 aromatic carbocycles. The maximum Gasteiger partial charge on any atom is 0.235 e. The second-order valence-electron chi connectivity index (χ2n) is 4.06. The third-order valence-electron chi connectivity index (χ3n) is 2.43. The van der Waals surface area contributed by atoms with Gasteiger partial charge < -0.3 is 14.8 Å². The van der Waals surface area contributed by atoms with Crippen molar-refractivity contribution in [2.75, 3.05) is 27.0 Å². The Hall–Kier alpha value is -1.80. The molecular formula is C12H18N2O5S. The Balaban J connectivity index is 2.55. The Morgan fingerprint density at radius 1 is 1.20 bits per heavy atom. The number of carbonyl (C=O) groups excluding carboxylic acids is 1. The molecule has 0 aromatic heterocycles. The molecule has 0 saturated heterocycles. The van der Waals surface area contributed by atoms with Crippen LogP contribution in [0.1, 0.15) is 5.56 Å². The predicted molar refractivity (Wildman–Crippen MR) is 74.2 cm³/mol. The van der Waals surface area contributed by atoms with Gasteiger partial charge in [0.25, 0.3) is 0 Å². The monoisotopic (exact) mass is 302 g/mol. The number of amides is 1. The van der Waals surface area contributed by atoms with E-state index < -0.39 is 15.9 Å². The highest BCUT2D eigenvalue weighted by Crippen LogP contribution is 2.27. The van der Waals surface area contributed by atoms with Crippen LogP contribution >= 0.6 is 0 Å². The zero-order chi connectivity index (χ0) is 15.2. The first kappa shape index (κ1) is 16.3. The molecule has 0 atom stereocenters.